The van der Waals surface area contributed by atoms with Crippen molar-refractivity contribution in [3.63, 3.8) is 0 Å². The van der Waals surface area contributed by atoms with E-state index in [4.69, 9.17) is 15.2 Å². The highest BCUT2D eigenvalue weighted by Crippen LogP contribution is 2.34. The van der Waals surface area contributed by atoms with Gasteiger partial charge in [0.2, 0.25) is 17.6 Å². The third-order valence-corrected chi connectivity index (χ3v) is 12.4. The minimum atomic E-state index is -3.64. The molecular weight excluding hydrogens is 723 g/mol. The molecule has 3 heterocycles. The van der Waals surface area contributed by atoms with Crippen molar-refractivity contribution < 1.29 is 47.0 Å². The molecule has 0 unspecified atom stereocenters. The van der Waals surface area contributed by atoms with Crippen LogP contribution < -0.4 is 16.4 Å². The number of hydrogen-bond acceptors (Lipinski definition) is 12. The number of likely N-dealkylation sites (tertiary alicyclic amines) is 1. The van der Waals surface area contributed by atoms with E-state index in [0.29, 0.717) is 12.1 Å². The van der Waals surface area contributed by atoms with Gasteiger partial charge in [-0.1, -0.05) is 37.3 Å². The van der Waals surface area contributed by atoms with Gasteiger partial charge >= 0.3 is 0 Å². The van der Waals surface area contributed by atoms with Crippen LogP contribution in [0.3, 0.4) is 0 Å². The zero-order valence-corrected chi connectivity index (χ0v) is 31.8. The molecule has 17 nitrogen and oxygen atoms in total. The van der Waals surface area contributed by atoms with Gasteiger partial charge in [-0.25, -0.2) is 13.1 Å². The van der Waals surface area contributed by atoms with E-state index in [1.54, 1.807) is 13.8 Å². The second kappa shape index (κ2) is 17.0. The summed E-state index contributed by atoms with van der Waals surface area (Å²) in [5, 5.41) is 24.7. The zero-order chi connectivity index (χ0) is 39.3. The Morgan fingerprint density at radius 3 is 2.37 bits per heavy atom. The average Bonchev–Trinajstić information content (AvgIpc) is 3.83. The Hall–Kier alpha value is -4.26. The Morgan fingerprint density at radius 2 is 1.76 bits per heavy atom. The quantitative estimate of drug-likeness (QED) is 0.182. The number of methoxy groups -OCH3 is 1. The molecule has 5 N–H and O–H groups in total. The van der Waals surface area contributed by atoms with Crippen molar-refractivity contribution in [2.45, 2.75) is 106 Å². The smallest absolute Gasteiger partial charge is 0.287 e. The molecular formula is C36H51N7O10S. The topological polar surface area (TPSA) is 242 Å². The number of sulfone groups is 1. The van der Waals surface area contributed by atoms with Crippen molar-refractivity contribution in [1.82, 2.24) is 30.5 Å². The van der Waals surface area contributed by atoms with Crippen LogP contribution in [0.25, 0.3) is 0 Å². The van der Waals surface area contributed by atoms with Crippen LogP contribution in [-0.2, 0) is 44.1 Å². The summed E-state index contributed by atoms with van der Waals surface area (Å²) in [5.74, 6) is -4.12. The van der Waals surface area contributed by atoms with Crippen LogP contribution in [0.2, 0.25) is 0 Å². The Bertz CT molecular complexity index is 1800. The number of nitrogens with two attached hydrogens (primary N) is 1. The summed E-state index contributed by atoms with van der Waals surface area (Å²) >= 11 is 0. The van der Waals surface area contributed by atoms with Crippen LogP contribution in [-0.4, -0.2) is 120 Å². The summed E-state index contributed by atoms with van der Waals surface area (Å²) in [6.45, 7) is 3.28. The normalized spacial score (nSPS) is 21.3. The zero-order valence-electron chi connectivity index (χ0n) is 31.0. The third-order valence-electron chi connectivity index (χ3n) is 10.7. The van der Waals surface area contributed by atoms with Crippen molar-refractivity contribution in [3.8, 4) is 0 Å². The number of Topliss-reactive ketones (excluding diaryl/α,β-unsaturated/α-hetero) is 1. The van der Waals surface area contributed by atoms with Gasteiger partial charge in [0.25, 0.3) is 11.8 Å². The van der Waals surface area contributed by atoms with E-state index in [-0.39, 0.29) is 67.8 Å². The second-order valence-corrected chi connectivity index (χ2v) is 17.1. The van der Waals surface area contributed by atoms with Gasteiger partial charge in [-0.15, -0.1) is 5.10 Å². The fourth-order valence-corrected chi connectivity index (χ4v) is 8.83. The molecule has 0 radical (unpaired) electrons. The molecule has 3 atom stereocenters. The Labute approximate surface area is 314 Å². The maximum atomic E-state index is 14.8. The summed E-state index contributed by atoms with van der Waals surface area (Å²) in [5.41, 5.74) is 2.91. The molecule has 1 saturated carbocycles. The third kappa shape index (κ3) is 9.33. The minimum absolute atomic E-state index is 0.00334. The lowest BCUT2D eigenvalue weighted by Crippen LogP contribution is -2.64. The number of aliphatic hydroxyl groups is 1. The van der Waals surface area contributed by atoms with Gasteiger partial charge in [-0.05, 0) is 50.5 Å². The standard InChI is InChI=1S/C36H51N7O10S/c1-35(2,49)29-21-38-41-43(29)25-20-28(33(47)40-36(30(44)31(37)45)13-15-53-16-14-36)42(22-25)34(48)27(19-23-7-5-4-6-8-23)39-32(46)24-9-11-26(12-10-24)54(50,51)18-17-52-3/h9-12,21,23,25,27-28,49H,4-8,13-20,22H2,1-3H3,(H2,37,45)(H,39,46)(H,40,47)/t25-,27+,28-/m0/s1. The molecule has 2 saturated heterocycles. The number of carbonyl (C=O) groups is 5. The SMILES string of the molecule is COCCS(=O)(=O)c1ccc(C(=O)N[C@H](CC2CCCCC2)C(=O)N2C[C@@H](n3nncc3C(C)(C)O)C[C@H]2C(=O)NC2(C(=O)C(N)=O)CCOCC2)cc1. The molecule has 54 heavy (non-hydrogen) atoms. The van der Waals surface area contributed by atoms with Crippen LogP contribution >= 0.6 is 0 Å². The first-order valence-electron chi connectivity index (χ1n) is 18.4. The average molecular weight is 774 g/mol. The van der Waals surface area contributed by atoms with Gasteiger partial charge < -0.3 is 35.8 Å². The largest absolute Gasteiger partial charge is 0.384 e. The lowest BCUT2D eigenvalue weighted by molar-refractivity contribution is -0.147. The van der Waals surface area contributed by atoms with Gasteiger partial charge in [-0.2, -0.15) is 0 Å². The molecule has 2 aromatic rings. The van der Waals surface area contributed by atoms with Crippen molar-refractivity contribution in [1.29, 1.82) is 0 Å². The van der Waals surface area contributed by atoms with E-state index < -0.39 is 68.5 Å². The summed E-state index contributed by atoms with van der Waals surface area (Å²) in [7, 11) is -2.24. The monoisotopic (exact) mass is 773 g/mol. The number of nitrogens with zero attached hydrogens (tertiary/aromatic N) is 4. The fourth-order valence-electron chi connectivity index (χ4n) is 7.66. The van der Waals surface area contributed by atoms with Crippen LogP contribution in [0.5, 0.6) is 0 Å². The van der Waals surface area contributed by atoms with Crippen LogP contribution in [0.1, 0.15) is 93.7 Å². The first kappa shape index (κ1) is 40.9. The van der Waals surface area contributed by atoms with Crippen LogP contribution in [0.15, 0.2) is 35.4 Å². The van der Waals surface area contributed by atoms with Gasteiger partial charge in [0.05, 0.1) is 35.2 Å². The molecule has 5 rings (SSSR count). The highest BCUT2D eigenvalue weighted by Gasteiger charge is 2.49. The molecule has 1 aromatic heterocycles. The van der Waals surface area contributed by atoms with E-state index in [0.717, 1.165) is 32.1 Å². The number of primary amides is 1. The number of ketones is 1. The highest BCUT2D eigenvalue weighted by molar-refractivity contribution is 7.91. The number of aromatic nitrogens is 3. The molecule has 2 aliphatic heterocycles. The number of rotatable bonds is 15. The molecule has 18 heteroatoms. The molecule has 1 aliphatic carbocycles. The van der Waals surface area contributed by atoms with Gasteiger partial charge in [0.15, 0.2) is 9.84 Å². The Morgan fingerprint density at radius 1 is 1.09 bits per heavy atom. The minimum Gasteiger partial charge on any atom is -0.384 e. The summed E-state index contributed by atoms with van der Waals surface area (Å²) < 4.78 is 37.1. The Kier molecular flexibility index (Phi) is 12.9. The first-order chi connectivity index (χ1) is 25.6. The maximum absolute atomic E-state index is 14.8. The number of benzene rings is 1. The van der Waals surface area contributed by atoms with Crippen LogP contribution in [0, 0.1) is 5.92 Å². The molecule has 0 bridgehead atoms. The Balaban J connectivity index is 1.47. The molecule has 0 spiro atoms. The van der Waals surface area contributed by atoms with Crippen molar-refractivity contribution >= 4 is 39.2 Å². The molecule has 1 aromatic carbocycles. The lowest BCUT2D eigenvalue weighted by atomic mass is 9.84. The molecule has 296 valence electrons. The van der Waals surface area contributed by atoms with E-state index in [9.17, 15) is 37.5 Å². The first-order valence-corrected chi connectivity index (χ1v) is 20.0. The number of ether oxygens (including phenoxy) is 2. The number of hydrogen-bond donors (Lipinski definition) is 4. The van der Waals surface area contributed by atoms with E-state index in [1.807, 2.05) is 0 Å². The number of nitrogens with one attached hydrogen (secondary N) is 2. The van der Waals surface area contributed by atoms with Gasteiger partial charge in [0.1, 0.15) is 23.2 Å². The predicted octanol–water partition coefficient (Wildman–Crippen LogP) is 0.556. The highest BCUT2D eigenvalue weighted by atomic mass is 32.2. The second-order valence-electron chi connectivity index (χ2n) is 15.0. The van der Waals surface area contributed by atoms with Crippen molar-refractivity contribution in [2.24, 2.45) is 11.7 Å². The predicted molar refractivity (Wildman–Crippen MR) is 192 cm³/mol. The molecule has 4 amide bonds. The van der Waals surface area contributed by atoms with Crippen molar-refractivity contribution in [2.75, 3.05) is 39.2 Å². The van der Waals surface area contributed by atoms with E-state index in [1.165, 1.54) is 47.2 Å². The summed E-state index contributed by atoms with van der Waals surface area (Å²) in [6, 6.07) is 2.54. The maximum Gasteiger partial charge on any atom is 0.287 e. The van der Waals surface area contributed by atoms with Crippen molar-refractivity contribution in [3.05, 3.63) is 41.7 Å². The van der Waals surface area contributed by atoms with Gasteiger partial charge in [0, 0.05) is 51.7 Å². The number of carbonyl (C=O) groups excluding carboxylic acids is 5. The summed E-state index contributed by atoms with van der Waals surface area (Å²) in [6.07, 6.45) is 6.45. The van der Waals surface area contributed by atoms with E-state index >= 15 is 0 Å². The van der Waals surface area contributed by atoms with Crippen LogP contribution in [0.4, 0.5) is 0 Å². The fraction of sp³-hybridized carbons (Fsp3) is 0.639. The molecule has 3 aliphatic rings. The summed E-state index contributed by atoms with van der Waals surface area (Å²) in [4.78, 5) is 69.5. The van der Waals surface area contributed by atoms with E-state index in [2.05, 4.69) is 20.9 Å². The van der Waals surface area contributed by atoms with Gasteiger partial charge in [-0.3, -0.25) is 24.0 Å². The number of amides is 4. The molecule has 3 fully saturated rings. The lowest BCUT2D eigenvalue weighted by Gasteiger charge is -2.37.